The number of amides is 1. The second-order valence-corrected chi connectivity index (χ2v) is 7.59. The minimum Gasteiger partial charge on any atom is -0.480 e. The van der Waals surface area contributed by atoms with Crippen molar-refractivity contribution in [3.63, 3.8) is 0 Å². The van der Waals surface area contributed by atoms with Crippen LogP contribution >= 0.6 is 11.8 Å². The second kappa shape index (κ2) is 10.3. The molecule has 0 aliphatic rings. The fourth-order valence-corrected chi connectivity index (χ4v) is 3.58. The van der Waals surface area contributed by atoms with E-state index in [9.17, 15) is 4.79 Å². The summed E-state index contributed by atoms with van der Waals surface area (Å²) in [5.41, 5.74) is 4.93. The molecule has 26 heavy (non-hydrogen) atoms. The summed E-state index contributed by atoms with van der Waals surface area (Å²) in [6, 6.07) is 14.4. The molecule has 0 radical (unpaired) electrons. The molecule has 0 aliphatic heterocycles. The van der Waals surface area contributed by atoms with E-state index in [4.69, 9.17) is 4.74 Å². The normalized spacial score (nSPS) is 11.8. The summed E-state index contributed by atoms with van der Waals surface area (Å²) < 4.78 is 5.96. The lowest BCUT2D eigenvalue weighted by molar-refractivity contribution is -0.128. The Kier molecular flexibility index (Phi) is 8.05. The minimum absolute atomic E-state index is 0.0371. The van der Waals surface area contributed by atoms with Gasteiger partial charge in [0.1, 0.15) is 5.75 Å². The molecule has 1 amide bonds. The zero-order valence-electron chi connectivity index (χ0n) is 16.2. The molecular formula is C22H29NO2S. The molecule has 0 heterocycles. The van der Waals surface area contributed by atoms with Gasteiger partial charge in [-0.3, -0.25) is 4.79 Å². The number of carbonyl (C=O) groups excluding carboxylic acids is 1. The predicted molar refractivity (Wildman–Crippen MR) is 111 cm³/mol. The van der Waals surface area contributed by atoms with Crippen LogP contribution in [0, 0.1) is 20.8 Å². The number of aryl methyl sites for hydroxylation is 2. The van der Waals surface area contributed by atoms with Crippen molar-refractivity contribution < 1.29 is 9.53 Å². The van der Waals surface area contributed by atoms with Gasteiger partial charge in [0, 0.05) is 18.1 Å². The van der Waals surface area contributed by atoms with E-state index < -0.39 is 6.10 Å². The average Bonchev–Trinajstić information content (AvgIpc) is 2.64. The highest BCUT2D eigenvalue weighted by molar-refractivity contribution is 7.98. The molecule has 140 valence electrons. The van der Waals surface area contributed by atoms with E-state index in [1.165, 1.54) is 16.7 Å². The molecule has 0 aliphatic carbocycles. The van der Waals surface area contributed by atoms with Gasteiger partial charge < -0.3 is 10.1 Å². The summed E-state index contributed by atoms with van der Waals surface area (Å²) in [5.74, 6) is 2.62. The summed E-state index contributed by atoms with van der Waals surface area (Å²) in [6.45, 7) is 8.84. The minimum atomic E-state index is -0.447. The van der Waals surface area contributed by atoms with Crippen LogP contribution in [0.2, 0.25) is 0 Å². The van der Waals surface area contributed by atoms with Crippen LogP contribution < -0.4 is 10.1 Å². The summed E-state index contributed by atoms with van der Waals surface area (Å²) in [6.07, 6.45) is 0.201. The topological polar surface area (TPSA) is 38.3 Å². The van der Waals surface area contributed by atoms with Crippen LogP contribution in [0.5, 0.6) is 5.75 Å². The molecule has 0 spiro atoms. The lowest BCUT2D eigenvalue weighted by Crippen LogP contribution is -2.39. The molecule has 0 unspecified atom stereocenters. The van der Waals surface area contributed by atoms with Crippen LogP contribution in [0.1, 0.15) is 35.6 Å². The molecule has 0 saturated carbocycles. The van der Waals surface area contributed by atoms with Crippen molar-refractivity contribution in [3.8, 4) is 5.75 Å². The van der Waals surface area contributed by atoms with Crippen molar-refractivity contribution in [1.82, 2.24) is 5.32 Å². The molecule has 3 nitrogen and oxygen atoms in total. The maximum atomic E-state index is 12.4. The molecule has 0 aromatic heterocycles. The quantitative estimate of drug-likeness (QED) is 0.642. The molecule has 2 aromatic rings. The highest BCUT2D eigenvalue weighted by Gasteiger charge is 2.18. The van der Waals surface area contributed by atoms with Crippen LogP contribution in [0.25, 0.3) is 0 Å². The third-order valence-corrected chi connectivity index (χ3v) is 5.56. The highest BCUT2D eigenvalue weighted by atomic mass is 32.2. The third-order valence-electron chi connectivity index (χ3n) is 4.55. The number of hydrogen-bond acceptors (Lipinski definition) is 3. The van der Waals surface area contributed by atoms with E-state index in [-0.39, 0.29) is 5.91 Å². The van der Waals surface area contributed by atoms with Crippen LogP contribution in [-0.4, -0.2) is 24.3 Å². The van der Waals surface area contributed by atoms with Gasteiger partial charge in [0.2, 0.25) is 0 Å². The zero-order chi connectivity index (χ0) is 18.9. The van der Waals surface area contributed by atoms with E-state index in [2.05, 4.69) is 49.5 Å². The molecule has 0 fully saturated rings. The lowest BCUT2D eigenvalue weighted by Gasteiger charge is -2.19. The van der Waals surface area contributed by atoms with Crippen LogP contribution in [0.4, 0.5) is 0 Å². The Morgan fingerprint density at radius 2 is 1.81 bits per heavy atom. The van der Waals surface area contributed by atoms with E-state index in [1.54, 1.807) is 0 Å². The Morgan fingerprint density at radius 3 is 2.54 bits per heavy atom. The molecule has 0 saturated heterocycles. The summed E-state index contributed by atoms with van der Waals surface area (Å²) >= 11 is 1.83. The van der Waals surface area contributed by atoms with Crippen molar-refractivity contribution in [2.45, 2.75) is 46.0 Å². The number of rotatable bonds is 9. The number of carbonyl (C=O) groups is 1. The summed E-state index contributed by atoms with van der Waals surface area (Å²) in [7, 11) is 0. The molecular weight excluding hydrogens is 342 g/mol. The Labute approximate surface area is 161 Å². The monoisotopic (exact) mass is 371 g/mol. The number of thioether (sulfide) groups is 1. The van der Waals surface area contributed by atoms with E-state index >= 15 is 0 Å². The smallest absolute Gasteiger partial charge is 0.261 e. The molecule has 4 heteroatoms. The molecule has 0 bridgehead atoms. The van der Waals surface area contributed by atoms with Gasteiger partial charge in [0.25, 0.3) is 5.91 Å². The van der Waals surface area contributed by atoms with Crippen LogP contribution in [-0.2, 0) is 10.5 Å². The first-order chi connectivity index (χ1) is 12.5. The average molecular weight is 372 g/mol. The highest BCUT2D eigenvalue weighted by Crippen LogP contribution is 2.22. The summed E-state index contributed by atoms with van der Waals surface area (Å²) in [4.78, 5) is 12.4. The van der Waals surface area contributed by atoms with Crippen molar-refractivity contribution in [2.75, 3.05) is 12.3 Å². The molecule has 1 atom stereocenters. The fourth-order valence-electron chi connectivity index (χ4n) is 2.64. The zero-order valence-corrected chi connectivity index (χ0v) is 17.0. The number of benzene rings is 2. The Balaban J connectivity index is 1.76. The standard InChI is InChI=1S/C22H29NO2S/c1-5-20(25-21-12-8-10-16(2)18(21)4)22(24)23-13-14-26-15-19-11-7-6-9-17(19)3/h6-12,20H,5,13-15H2,1-4H3,(H,23,24)/t20-/m0/s1. The van der Waals surface area contributed by atoms with Crippen molar-refractivity contribution in [3.05, 3.63) is 64.7 Å². The Morgan fingerprint density at radius 1 is 1.08 bits per heavy atom. The van der Waals surface area contributed by atoms with Gasteiger partial charge in [0.05, 0.1) is 0 Å². The van der Waals surface area contributed by atoms with Crippen molar-refractivity contribution >= 4 is 17.7 Å². The third kappa shape index (κ3) is 5.80. The largest absolute Gasteiger partial charge is 0.480 e. The second-order valence-electron chi connectivity index (χ2n) is 6.48. The molecule has 2 rings (SSSR count). The van der Waals surface area contributed by atoms with Gasteiger partial charge in [-0.15, -0.1) is 0 Å². The Bertz CT molecular complexity index is 730. The molecule has 1 N–H and O–H groups in total. The number of ether oxygens (including phenoxy) is 1. The van der Waals surface area contributed by atoms with E-state index in [0.29, 0.717) is 13.0 Å². The predicted octanol–water partition coefficient (Wildman–Crippen LogP) is 4.82. The number of hydrogen-bond donors (Lipinski definition) is 1. The number of nitrogens with one attached hydrogen (secondary N) is 1. The van der Waals surface area contributed by atoms with Gasteiger partial charge in [-0.25, -0.2) is 0 Å². The SMILES string of the molecule is CC[C@H](Oc1cccc(C)c1C)C(=O)NCCSCc1ccccc1C. The first kappa shape index (κ1) is 20.4. The van der Waals surface area contributed by atoms with E-state index in [0.717, 1.165) is 22.8 Å². The summed E-state index contributed by atoms with van der Waals surface area (Å²) in [5, 5.41) is 3.00. The first-order valence-corrected chi connectivity index (χ1v) is 10.3. The van der Waals surface area contributed by atoms with Crippen LogP contribution in [0.15, 0.2) is 42.5 Å². The lowest BCUT2D eigenvalue weighted by atomic mass is 10.1. The van der Waals surface area contributed by atoms with Gasteiger partial charge >= 0.3 is 0 Å². The van der Waals surface area contributed by atoms with Crippen molar-refractivity contribution in [2.24, 2.45) is 0 Å². The van der Waals surface area contributed by atoms with Gasteiger partial charge in [-0.2, -0.15) is 11.8 Å². The fraction of sp³-hybridized carbons (Fsp3) is 0.409. The maximum absolute atomic E-state index is 12.4. The van der Waals surface area contributed by atoms with E-state index in [1.807, 2.05) is 37.7 Å². The molecule has 2 aromatic carbocycles. The Hall–Kier alpha value is -1.94. The van der Waals surface area contributed by atoms with Gasteiger partial charge in [0.15, 0.2) is 6.10 Å². The van der Waals surface area contributed by atoms with Gasteiger partial charge in [-0.05, 0) is 55.5 Å². The van der Waals surface area contributed by atoms with Crippen LogP contribution in [0.3, 0.4) is 0 Å². The van der Waals surface area contributed by atoms with Gasteiger partial charge in [-0.1, -0.05) is 43.3 Å². The van der Waals surface area contributed by atoms with Crippen molar-refractivity contribution in [1.29, 1.82) is 0 Å². The first-order valence-electron chi connectivity index (χ1n) is 9.15. The maximum Gasteiger partial charge on any atom is 0.261 e.